The van der Waals surface area contributed by atoms with E-state index in [1.54, 1.807) is 0 Å². The summed E-state index contributed by atoms with van der Waals surface area (Å²) in [6.45, 7) is 3.40. The van der Waals surface area contributed by atoms with Gasteiger partial charge in [-0.15, -0.1) is 0 Å². The van der Waals surface area contributed by atoms with E-state index in [-0.39, 0.29) is 81.9 Å². The number of pyridine rings is 4. The van der Waals surface area contributed by atoms with Crippen LogP contribution >= 0.6 is 0 Å². The number of aryl methyl sites for hydroxylation is 4. The first kappa shape index (κ1) is 52.6. The van der Waals surface area contributed by atoms with Gasteiger partial charge in [0.05, 0.1) is 13.2 Å². The van der Waals surface area contributed by atoms with Gasteiger partial charge in [0.2, 0.25) is 0 Å². The minimum Gasteiger partial charge on any atom is -1.00 e. The fraction of sp³-hybridized carbons (Fsp3) is 0.259. The number of aromatic nitrogens is 4. The van der Waals surface area contributed by atoms with Crippen LogP contribution in [0.5, 0.6) is 11.5 Å². The molecule has 0 radical (unpaired) electrons. The van der Waals surface area contributed by atoms with Gasteiger partial charge in [-0.05, 0) is 94.5 Å². The molecule has 64 heavy (non-hydrogen) atoms. The predicted molar refractivity (Wildman–Crippen MR) is 241 cm³/mol. The lowest BCUT2D eigenvalue weighted by Gasteiger charge is -2.20. The molecule has 4 aromatic heterocycles. The van der Waals surface area contributed by atoms with E-state index in [4.69, 9.17) is 9.47 Å². The van der Waals surface area contributed by atoms with Crippen LogP contribution in [-0.2, 0) is 27.2 Å². The molecule has 0 bridgehead atoms. The van der Waals surface area contributed by atoms with Crippen LogP contribution in [0.1, 0.15) is 51.4 Å². The summed E-state index contributed by atoms with van der Waals surface area (Å²) >= 11 is 0. The average molecular weight is 1210 g/mol. The lowest BCUT2D eigenvalue weighted by Crippen LogP contribution is -3.00. The van der Waals surface area contributed by atoms with Crippen molar-refractivity contribution >= 4 is 21.5 Å². The van der Waals surface area contributed by atoms with Gasteiger partial charge in [-0.25, -0.2) is 18.3 Å². The molecule has 4 heterocycles. The summed E-state index contributed by atoms with van der Waals surface area (Å²) in [6.07, 6.45) is 26.1. The first-order valence-electron chi connectivity index (χ1n) is 21.8. The third-order valence-corrected chi connectivity index (χ3v) is 11.6. The number of nitrogens with zero attached hydrogens (tertiary/aromatic N) is 4. The van der Waals surface area contributed by atoms with Crippen LogP contribution in [0.15, 0.2) is 171 Å². The number of ether oxygens (including phenoxy) is 2. The predicted octanol–water partition coefficient (Wildman–Crippen LogP) is -1.49. The number of hydrogen-bond donors (Lipinski definition) is 0. The second kappa shape index (κ2) is 26.9. The van der Waals surface area contributed by atoms with Gasteiger partial charge in [0.25, 0.3) is 0 Å². The van der Waals surface area contributed by atoms with E-state index < -0.39 is 0 Å². The van der Waals surface area contributed by atoms with E-state index in [2.05, 4.69) is 189 Å². The molecule has 10 heteroatoms. The molecule has 0 saturated carbocycles. The quantitative estimate of drug-likeness (QED) is 0.0564. The number of rotatable bonds is 19. The van der Waals surface area contributed by atoms with E-state index in [1.165, 1.54) is 56.6 Å². The highest BCUT2D eigenvalue weighted by Crippen LogP contribution is 2.45. The van der Waals surface area contributed by atoms with Crippen LogP contribution in [0.4, 0.5) is 0 Å². The van der Waals surface area contributed by atoms with Crippen molar-refractivity contribution in [3.63, 3.8) is 0 Å². The van der Waals surface area contributed by atoms with Gasteiger partial charge >= 0.3 is 0 Å². The number of hydrogen-bond acceptors (Lipinski definition) is 2. The van der Waals surface area contributed by atoms with Crippen LogP contribution in [0, 0.1) is 0 Å². The molecule has 0 atom stereocenters. The van der Waals surface area contributed by atoms with Crippen LogP contribution < -0.4 is 110 Å². The Hall–Kier alpha value is -3.98. The van der Waals surface area contributed by atoms with Crippen molar-refractivity contribution in [1.29, 1.82) is 0 Å². The molecule has 0 aliphatic carbocycles. The van der Waals surface area contributed by atoms with Crippen molar-refractivity contribution in [1.82, 2.24) is 0 Å². The topological polar surface area (TPSA) is 34.0 Å². The molecule has 0 amide bonds. The highest BCUT2D eigenvalue weighted by Gasteiger charge is 2.19. The lowest BCUT2D eigenvalue weighted by atomic mass is 9.92. The largest absolute Gasteiger partial charge is 1.00 e. The Morgan fingerprint density at radius 2 is 0.688 bits per heavy atom. The van der Waals surface area contributed by atoms with Gasteiger partial charge in [-0.1, -0.05) is 60.7 Å². The summed E-state index contributed by atoms with van der Waals surface area (Å²) in [6, 6.07) is 43.5. The van der Waals surface area contributed by atoms with Crippen LogP contribution in [-0.4, -0.2) is 13.2 Å². The molecule has 6 nitrogen and oxygen atoms in total. The molecule has 0 fully saturated rings. The van der Waals surface area contributed by atoms with E-state index >= 15 is 0 Å². The fourth-order valence-electron chi connectivity index (χ4n) is 8.11. The maximum atomic E-state index is 6.71. The first-order chi connectivity index (χ1) is 29.6. The number of halogens is 4. The Morgan fingerprint density at radius 3 is 1.06 bits per heavy atom. The molecule has 8 aromatic rings. The van der Waals surface area contributed by atoms with Gasteiger partial charge in [0.1, 0.15) is 38.7 Å². The van der Waals surface area contributed by atoms with Crippen molar-refractivity contribution < 1.29 is 110 Å². The molecule has 0 spiro atoms. The van der Waals surface area contributed by atoms with Gasteiger partial charge in [0, 0.05) is 72.5 Å². The Kier molecular flexibility index (Phi) is 22.1. The normalized spacial score (nSPS) is 10.6. The van der Waals surface area contributed by atoms with Gasteiger partial charge in [0.15, 0.2) is 49.6 Å². The van der Waals surface area contributed by atoms with Crippen molar-refractivity contribution in [2.24, 2.45) is 14.1 Å². The molecule has 0 aliphatic rings. The molecule has 0 aliphatic heterocycles. The van der Waals surface area contributed by atoms with Gasteiger partial charge in [-0.2, -0.15) is 0 Å². The Labute approximate surface area is 434 Å². The van der Waals surface area contributed by atoms with Crippen LogP contribution in [0.2, 0.25) is 0 Å². The van der Waals surface area contributed by atoms with E-state index in [0.717, 1.165) is 74.2 Å². The second-order valence-corrected chi connectivity index (χ2v) is 16.0. The van der Waals surface area contributed by atoms with Gasteiger partial charge in [-0.3, -0.25) is 0 Å². The van der Waals surface area contributed by atoms with Crippen LogP contribution in [0.25, 0.3) is 54.9 Å². The summed E-state index contributed by atoms with van der Waals surface area (Å²) in [5.74, 6) is 1.84. The number of fused-ring (bicyclic) bond motifs is 2. The van der Waals surface area contributed by atoms with Crippen molar-refractivity contribution in [2.75, 3.05) is 13.2 Å². The maximum absolute atomic E-state index is 6.71. The molecule has 4 aromatic carbocycles. The van der Waals surface area contributed by atoms with E-state index in [0.29, 0.717) is 13.2 Å². The minimum atomic E-state index is 0. The molecule has 8 rings (SSSR count). The zero-order valence-corrected chi connectivity index (χ0v) is 44.3. The van der Waals surface area contributed by atoms with E-state index in [1.807, 2.05) is 14.1 Å². The second-order valence-electron chi connectivity index (χ2n) is 16.0. The summed E-state index contributed by atoms with van der Waals surface area (Å²) in [5.41, 5.74) is 7.22. The summed E-state index contributed by atoms with van der Waals surface area (Å²) in [4.78, 5) is 0. The lowest BCUT2D eigenvalue weighted by molar-refractivity contribution is -0.697. The molecule has 0 N–H and O–H groups in total. The fourth-order valence-corrected chi connectivity index (χ4v) is 8.11. The zero-order chi connectivity index (χ0) is 40.9. The third kappa shape index (κ3) is 14.0. The maximum Gasteiger partial charge on any atom is 0.169 e. The average Bonchev–Trinajstić information content (AvgIpc) is 3.29. The SMILES string of the molecule is C[n+]1ccc(-c2cc[n+](CCCCCCOc3ccc4ccccc4c3-c3c(OCCCCCC[n+]4ccc(-c5cc[n+](C)cc5)cc4)ccc4ccccc34)cc2)cc1.[Br-].[Br-].[I-].[I-]. The summed E-state index contributed by atoms with van der Waals surface area (Å²) in [7, 11) is 4.09. The summed E-state index contributed by atoms with van der Waals surface area (Å²) in [5, 5.41) is 4.76. The van der Waals surface area contributed by atoms with Gasteiger partial charge < -0.3 is 91.4 Å². The highest BCUT2D eigenvalue weighted by molar-refractivity contribution is 6.09. The van der Waals surface area contributed by atoms with Crippen molar-refractivity contribution in [2.45, 2.75) is 64.5 Å². The minimum absolute atomic E-state index is 0. The zero-order valence-electron chi connectivity index (χ0n) is 36.8. The van der Waals surface area contributed by atoms with Crippen molar-refractivity contribution in [3.05, 3.63) is 171 Å². The number of unbranched alkanes of at least 4 members (excludes halogenated alkanes) is 6. The Bertz CT molecular complexity index is 2450. The smallest absolute Gasteiger partial charge is 0.169 e. The molecule has 0 saturated heterocycles. The van der Waals surface area contributed by atoms with E-state index in [9.17, 15) is 0 Å². The first-order valence-corrected chi connectivity index (χ1v) is 21.8. The third-order valence-electron chi connectivity index (χ3n) is 11.6. The number of benzene rings is 4. The molecular formula is C54H58Br2I2N4O2. The Balaban J connectivity index is 0.00000224. The standard InChI is InChI=1S/C54H58N4O2.2BrH.2HI/c1-55-33-23-43(24-34-55)45-27-37-57(38-28-45)31-11-3-5-13-41-59-51-21-19-47-15-7-9-17-49(47)53(51)54-50-18-10-8-16-48(50)20-22-52(54)60-42-14-6-4-12-32-58-39-29-46(30-40-58)44-25-35-56(2)36-26-44;;;;/h7-10,15-30,33-40H,3-6,11-14,31-32,41-42H2,1-2H3;4*1H/q+4;;;;/p-4. The molecule has 334 valence electrons. The molecule has 0 unspecified atom stereocenters. The molecular weight excluding hydrogens is 1150 g/mol. The Morgan fingerprint density at radius 1 is 0.359 bits per heavy atom. The monoisotopic (exact) mass is 1210 g/mol. The highest BCUT2D eigenvalue weighted by atomic mass is 127. The summed E-state index contributed by atoms with van der Waals surface area (Å²) < 4.78 is 22.1. The van der Waals surface area contributed by atoms with Crippen LogP contribution in [0.3, 0.4) is 0 Å². The van der Waals surface area contributed by atoms with Crippen molar-refractivity contribution in [3.8, 4) is 44.9 Å².